The second-order valence-corrected chi connectivity index (χ2v) is 10.3. The van der Waals surface area contributed by atoms with E-state index in [1.54, 1.807) is 30.3 Å². The van der Waals surface area contributed by atoms with Crippen LogP contribution in [-0.2, 0) is 15.1 Å². The molecule has 10 heteroatoms. The molecule has 0 saturated carbocycles. The third-order valence-corrected chi connectivity index (χ3v) is 7.20. The molecular formula is C28H24Cl2N2O6. The average Bonchev–Trinajstić information content (AvgIpc) is 3.13. The SMILES string of the molecule is CC(=O)Oc1cc2c(cc1Cl)C1(OC(=O)c3cc(C(=O)NCCN(C)C)ccc31)c1cc(Cl)c(C)cc1O2. The summed E-state index contributed by atoms with van der Waals surface area (Å²) in [6.07, 6.45) is 0. The number of hydrogen-bond acceptors (Lipinski definition) is 7. The Labute approximate surface area is 229 Å². The van der Waals surface area contributed by atoms with Gasteiger partial charge in [0.25, 0.3) is 5.91 Å². The quantitative estimate of drug-likeness (QED) is 0.347. The van der Waals surface area contributed by atoms with Crippen LogP contribution < -0.4 is 14.8 Å². The predicted octanol–water partition coefficient (Wildman–Crippen LogP) is 5.09. The van der Waals surface area contributed by atoms with E-state index in [1.807, 2.05) is 25.9 Å². The van der Waals surface area contributed by atoms with Crippen LogP contribution in [0.5, 0.6) is 17.2 Å². The lowest BCUT2D eigenvalue weighted by Crippen LogP contribution is -2.33. The molecule has 196 valence electrons. The van der Waals surface area contributed by atoms with E-state index in [2.05, 4.69) is 5.32 Å². The Morgan fingerprint density at radius 1 is 1.00 bits per heavy atom. The summed E-state index contributed by atoms with van der Waals surface area (Å²) in [5.41, 5.74) is 1.32. The smallest absolute Gasteiger partial charge is 0.340 e. The summed E-state index contributed by atoms with van der Waals surface area (Å²) in [5, 5.41) is 3.44. The molecule has 8 nitrogen and oxygen atoms in total. The van der Waals surface area contributed by atoms with Gasteiger partial charge in [-0.05, 0) is 56.9 Å². The van der Waals surface area contributed by atoms with Crippen LogP contribution in [0.1, 0.15) is 49.9 Å². The lowest BCUT2D eigenvalue weighted by Gasteiger charge is -2.37. The van der Waals surface area contributed by atoms with E-state index in [1.165, 1.54) is 19.1 Å². The van der Waals surface area contributed by atoms with Gasteiger partial charge in [0.05, 0.1) is 10.6 Å². The van der Waals surface area contributed by atoms with Crippen LogP contribution in [0.4, 0.5) is 0 Å². The highest BCUT2D eigenvalue weighted by molar-refractivity contribution is 6.32. The van der Waals surface area contributed by atoms with Gasteiger partial charge in [-0.1, -0.05) is 29.3 Å². The average molecular weight is 555 g/mol. The van der Waals surface area contributed by atoms with Crippen LogP contribution in [0, 0.1) is 6.92 Å². The largest absolute Gasteiger partial charge is 0.456 e. The van der Waals surface area contributed by atoms with Gasteiger partial charge in [-0.15, -0.1) is 0 Å². The Hall–Kier alpha value is -3.59. The van der Waals surface area contributed by atoms with Crippen molar-refractivity contribution in [1.82, 2.24) is 10.2 Å². The Bertz CT molecular complexity index is 1520. The van der Waals surface area contributed by atoms with Crippen molar-refractivity contribution in [3.05, 3.63) is 85.9 Å². The van der Waals surface area contributed by atoms with E-state index < -0.39 is 17.5 Å². The van der Waals surface area contributed by atoms with Gasteiger partial charge >= 0.3 is 11.9 Å². The first kappa shape index (κ1) is 26.0. The highest BCUT2D eigenvalue weighted by atomic mass is 35.5. The van der Waals surface area contributed by atoms with Gasteiger partial charge in [0.1, 0.15) is 11.5 Å². The maximum Gasteiger partial charge on any atom is 0.340 e. The molecule has 2 aliphatic rings. The number of esters is 2. The van der Waals surface area contributed by atoms with Crippen LogP contribution in [0.2, 0.25) is 10.0 Å². The van der Waals surface area contributed by atoms with Crippen molar-refractivity contribution in [1.29, 1.82) is 0 Å². The number of benzene rings is 3. The zero-order chi connectivity index (χ0) is 27.4. The second-order valence-electron chi connectivity index (χ2n) is 9.46. The fourth-order valence-corrected chi connectivity index (χ4v) is 5.08. The number of nitrogens with zero attached hydrogens (tertiary/aromatic N) is 1. The number of aryl methyl sites for hydroxylation is 1. The number of ether oxygens (including phenoxy) is 3. The van der Waals surface area contributed by atoms with Crippen LogP contribution in [0.3, 0.4) is 0 Å². The van der Waals surface area contributed by atoms with Crippen LogP contribution in [0.25, 0.3) is 0 Å². The molecule has 0 aliphatic carbocycles. The van der Waals surface area contributed by atoms with Crippen molar-refractivity contribution in [3.8, 4) is 17.2 Å². The second kappa shape index (κ2) is 9.62. The summed E-state index contributed by atoms with van der Waals surface area (Å²) in [6.45, 7) is 4.22. The summed E-state index contributed by atoms with van der Waals surface area (Å²) in [7, 11) is 3.82. The van der Waals surface area contributed by atoms with Crippen molar-refractivity contribution in [2.24, 2.45) is 0 Å². The number of likely N-dealkylation sites (N-methyl/N-ethyl adjacent to an activating group) is 1. The molecular weight excluding hydrogens is 531 g/mol. The third-order valence-electron chi connectivity index (χ3n) is 6.50. The van der Waals surface area contributed by atoms with Gasteiger partial charge in [0, 0.05) is 53.4 Å². The molecule has 3 aromatic carbocycles. The van der Waals surface area contributed by atoms with E-state index in [0.29, 0.717) is 51.9 Å². The summed E-state index contributed by atoms with van der Waals surface area (Å²) >= 11 is 13.0. The fourth-order valence-electron chi connectivity index (χ4n) is 4.71. The zero-order valence-electron chi connectivity index (χ0n) is 21.1. The monoisotopic (exact) mass is 554 g/mol. The standard InChI is InChI=1S/C28H24Cl2N2O6/c1-14-9-23-19(11-21(14)29)28(20-12-22(30)25(36-15(2)33)13-24(20)37-23)18-6-5-16(10-17(18)27(35)38-28)26(34)31-7-8-32(3)4/h5-6,9-13H,7-8H2,1-4H3,(H,31,34). The molecule has 0 aromatic heterocycles. The van der Waals surface area contributed by atoms with Crippen LogP contribution in [0.15, 0.2) is 42.5 Å². The van der Waals surface area contributed by atoms with Gasteiger partial charge < -0.3 is 24.4 Å². The summed E-state index contributed by atoms with van der Waals surface area (Å²) < 4.78 is 17.6. The fraction of sp³-hybridized carbons (Fsp3) is 0.250. The minimum Gasteiger partial charge on any atom is -0.456 e. The number of fused-ring (bicyclic) bond motifs is 6. The number of carbonyl (C=O) groups excluding carboxylic acids is 3. The minimum absolute atomic E-state index is 0.108. The molecule has 0 fully saturated rings. The minimum atomic E-state index is -1.45. The molecule has 2 aliphatic heterocycles. The maximum absolute atomic E-state index is 13.3. The van der Waals surface area contributed by atoms with Crippen molar-refractivity contribution >= 4 is 41.0 Å². The van der Waals surface area contributed by atoms with Crippen molar-refractivity contribution in [3.63, 3.8) is 0 Å². The van der Waals surface area contributed by atoms with Crippen LogP contribution in [-0.4, -0.2) is 49.9 Å². The molecule has 3 aromatic rings. The molecule has 0 bridgehead atoms. The maximum atomic E-state index is 13.3. The first-order valence-corrected chi connectivity index (χ1v) is 12.6. The summed E-state index contributed by atoms with van der Waals surface area (Å²) in [5.74, 6) is -0.638. The number of rotatable bonds is 5. The van der Waals surface area contributed by atoms with Crippen molar-refractivity contribution in [2.75, 3.05) is 27.2 Å². The summed E-state index contributed by atoms with van der Waals surface area (Å²) in [4.78, 5) is 39.7. The normalized spacial score (nSPS) is 16.9. The molecule has 1 amide bonds. The molecule has 0 saturated heterocycles. The Morgan fingerprint density at radius 2 is 1.68 bits per heavy atom. The number of halogens is 2. The van der Waals surface area contributed by atoms with Gasteiger partial charge in [-0.3, -0.25) is 9.59 Å². The predicted molar refractivity (Wildman–Crippen MR) is 142 cm³/mol. The van der Waals surface area contributed by atoms with Crippen molar-refractivity contribution < 1.29 is 28.6 Å². The molecule has 1 atom stereocenters. The van der Waals surface area contributed by atoms with E-state index >= 15 is 0 Å². The van der Waals surface area contributed by atoms with Gasteiger partial charge in [0.2, 0.25) is 0 Å². The lowest BCUT2D eigenvalue weighted by molar-refractivity contribution is -0.131. The number of hydrogen-bond donors (Lipinski definition) is 1. The third kappa shape index (κ3) is 4.28. The number of nitrogens with one attached hydrogen (secondary N) is 1. The van der Waals surface area contributed by atoms with E-state index in [0.717, 1.165) is 5.56 Å². The molecule has 38 heavy (non-hydrogen) atoms. The van der Waals surface area contributed by atoms with Crippen molar-refractivity contribution in [2.45, 2.75) is 19.4 Å². The highest BCUT2D eigenvalue weighted by Gasteiger charge is 2.54. The number of amides is 1. The molecule has 5 rings (SSSR count). The first-order valence-electron chi connectivity index (χ1n) is 11.8. The van der Waals surface area contributed by atoms with E-state index in [-0.39, 0.29) is 22.2 Å². The van der Waals surface area contributed by atoms with Crippen LogP contribution >= 0.6 is 23.2 Å². The van der Waals surface area contributed by atoms with E-state index in [4.69, 9.17) is 37.4 Å². The van der Waals surface area contributed by atoms with E-state index in [9.17, 15) is 14.4 Å². The number of carbonyl (C=O) groups is 3. The highest BCUT2D eigenvalue weighted by Crippen LogP contribution is 2.58. The topological polar surface area (TPSA) is 94.2 Å². The molecule has 1 N–H and O–H groups in total. The lowest BCUT2D eigenvalue weighted by atomic mass is 9.77. The molecule has 1 spiro atoms. The Balaban J connectivity index is 1.68. The molecule has 2 heterocycles. The summed E-state index contributed by atoms with van der Waals surface area (Å²) in [6, 6.07) is 11.4. The van der Waals surface area contributed by atoms with Gasteiger partial charge in [-0.2, -0.15) is 0 Å². The Morgan fingerprint density at radius 3 is 2.37 bits per heavy atom. The van der Waals surface area contributed by atoms with Gasteiger partial charge in [-0.25, -0.2) is 4.79 Å². The first-order chi connectivity index (χ1) is 18.0. The zero-order valence-corrected chi connectivity index (χ0v) is 22.6. The molecule has 0 radical (unpaired) electrons. The van der Waals surface area contributed by atoms with Gasteiger partial charge in [0.15, 0.2) is 11.4 Å². The Kier molecular flexibility index (Phi) is 6.59. The molecule has 1 unspecified atom stereocenters.